The standard InChI is InChI=1S/C13H14O2S/c1-10(14)11-4-2-5-12(8-11)15-9-13-6-3-7-16-13/h2-8,10,14H,9H2,1H3. The summed E-state index contributed by atoms with van der Waals surface area (Å²) in [5.74, 6) is 0.798. The molecule has 16 heavy (non-hydrogen) atoms. The van der Waals surface area contributed by atoms with Crippen molar-refractivity contribution < 1.29 is 9.84 Å². The van der Waals surface area contributed by atoms with Gasteiger partial charge < -0.3 is 9.84 Å². The molecule has 0 aliphatic carbocycles. The lowest BCUT2D eigenvalue weighted by molar-refractivity contribution is 0.198. The molecule has 1 atom stereocenters. The molecule has 1 aromatic carbocycles. The fourth-order valence-electron chi connectivity index (χ4n) is 1.41. The number of ether oxygens (including phenoxy) is 1. The van der Waals surface area contributed by atoms with Crippen LogP contribution in [0.5, 0.6) is 5.75 Å². The second-order valence-electron chi connectivity index (χ2n) is 3.62. The molecule has 0 radical (unpaired) electrons. The Balaban J connectivity index is 2.01. The normalized spacial score (nSPS) is 12.4. The van der Waals surface area contributed by atoms with E-state index >= 15 is 0 Å². The average Bonchev–Trinajstić information content (AvgIpc) is 2.79. The molecule has 0 saturated carbocycles. The van der Waals surface area contributed by atoms with Crippen LogP contribution in [0.2, 0.25) is 0 Å². The zero-order valence-corrected chi connectivity index (χ0v) is 9.91. The Morgan fingerprint density at radius 3 is 2.88 bits per heavy atom. The molecule has 0 aliphatic rings. The second kappa shape index (κ2) is 5.14. The highest BCUT2D eigenvalue weighted by atomic mass is 32.1. The third-order valence-electron chi connectivity index (χ3n) is 2.30. The molecule has 2 nitrogen and oxygen atoms in total. The van der Waals surface area contributed by atoms with Gasteiger partial charge in [-0.2, -0.15) is 0 Å². The predicted molar refractivity (Wildman–Crippen MR) is 65.7 cm³/mol. The summed E-state index contributed by atoms with van der Waals surface area (Å²) in [6.07, 6.45) is -0.453. The molecule has 3 heteroatoms. The van der Waals surface area contributed by atoms with Gasteiger partial charge in [0.05, 0.1) is 6.10 Å². The minimum Gasteiger partial charge on any atom is -0.488 e. The quantitative estimate of drug-likeness (QED) is 0.878. The van der Waals surface area contributed by atoms with Gasteiger partial charge in [-0.1, -0.05) is 18.2 Å². The first-order valence-corrected chi connectivity index (χ1v) is 6.07. The summed E-state index contributed by atoms with van der Waals surface area (Å²) in [5, 5.41) is 11.5. The van der Waals surface area contributed by atoms with Gasteiger partial charge >= 0.3 is 0 Å². The van der Waals surface area contributed by atoms with Gasteiger partial charge in [0.15, 0.2) is 0 Å². The first kappa shape index (κ1) is 11.2. The molecule has 1 aromatic heterocycles. The Labute approximate surface area is 99.1 Å². The Morgan fingerprint density at radius 2 is 2.19 bits per heavy atom. The van der Waals surface area contributed by atoms with Crippen LogP contribution in [0.25, 0.3) is 0 Å². The van der Waals surface area contributed by atoms with Crippen LogP contribution in [0.4, 0.5) is 0 Å². The van der Waals surface area contributed by atoms with Gasteiger partial charge in [-0.3, -0.25) is 0 Å². The van der Waals surface area contributed by atoms with E-state index in [1.165, 1.54) is 4.88 Å². The van der Waals surface area contributed by atoms with Crippen LogP contribution in [0.15, 0.2) is 41.8 Å². The fourth-order valence-corrected chi connectivity index (χ4v) is 2.03. The van der Waals surface area contributed by atoms with Gasteiger partial charge in [-0.05, 0) is 36.1 Å². The van der Waals surface area contributed by atoms with Crippen LogP contribution in [0, 0.1) is 0 Å². The number of aliphatic hydroxyl groups excluding tert-OH is 1. The Hall–Kier alpha value is -1.32. The molecular weight excluding hydrogens is 220 g/mol. The molecule has 84 valence electrons. The molecule has 1 N–H and O–H groups in total. The first-order valence-electron chi connectivity index (χ1n) is 5.19. The summed E-state index contributed by atoms with van der Waals surface area (Å²) in [6, 6.07) is 11.6. The number of rotatable bonds is 4. The molecule has 0 fully saturated rings. The number of hydrogen-bond donors (Lipinski definition) is 1. The molecule has 0 aliphatic heterocycles. The van der Waals surface area contributed by atoms with E-state index in [4.69, 9.17) is 4.74 Å². The fraction of sp³-hybridized carbons (Fsp3) is 0.231. The summed E-state index contributed by atoms with van der Waals surface area (Å²) in [4.78, 5) is 1.20. The molecule has 2 aromatic rings. The zero-order chi connectivity index (χ0) is 11.4. The third-order valence-corrected chi connectivity index (χ3v) is 3.15. The van der Waals surface area contributed by atoms with Crippen LogP contribution in [0.3, 0.4) is 0 Å². The van der Waals surface area contributed by atoms with Crippen molar-refractivity contribution in [1.29, 1.82) is 0 Å². The van der Waals surface area contributed by atoms with Crippen molar-refractivity contribution in [2.24, 2.45) is 0 Å². The SMILES string of the molecule is CC(O)c1cccc(OCc2cccs2)c1. The molecule has 2 rings (SSSR count). The van der Waals surface area contributed by atoms with Gasteiger partial charge in [0.2, 0.25) is 0 Å². The van der Waals surface area contributed by atoms with Crippen molar-refractivity contribution in [2.45, 2.75) is 19.6 Å². The highest BCUT2D eigenvalue weighted by molar-refractivity contribution is 7.09. The molecule has 0 bridgehead atoms. The van der Waals surface area contributed by atoms with E-state index in [-0.39, 0.29) is 0 Å². The molecular formula is C13H14O2S. The van der Waals surface area contributed by atoms with Crippen molar-refractivity contribution in [3.8, 4) is 5.75 Å². The smallest absolute Gasteiger partial charge is 0.122 e. The van der Waals surface area contributed by atoms with Gasteiger partial charge in [0, 0.05) is 4.88 Å². The lowest BCUT2D eigenvalue weighted by atomic mass is 10.1. The number of thiophene rings is 1. The van der Waals surface area contributed by atoms with Crippen molar-refractivity contribution >= 4 is 11.3 Å². The van der Waals surface area contributed by atoms with Crippen LogP contribution in [-0.4, -0.2) is 5.11 Å². The highest BCUT2D eigenvalue weighted by Crippen LogP contribution is 2.20. The van der Waals surface area contributed by atoms with Crippen molar-refractivity contribution in [3.05, 3.63) is 52.2 Å². The summed E-state index contributed by atoms with van der Waals surface area (Å²) in [7, 11) is 0. The Morgan fingerprint density at radius 1 is 1.31 bits per heavy atom. The van der Waals surface area contributed by atoms with E-state index in [1.54, 1.807) is 18.3 Å². The minimum absolute atomic E-state index is 0.453. The predicted octanol–water partition coefficient (Wildman–Crippen LogP) is 3.38. The zero-order valence-electron chi connectivity index (χ0n) is 9.09. The van der Waals surface area contributed by atoms with Crippen molar-refractivity contribution in [2.75, 3.05) is 0 Å². The largest absolute Gasteiger partial charge is 0.488 e. The van der Waals surface area contributed by atoms with E-state index in [9.17, 15) is 5.11 Å². The third kappa shape index (κ3) is 2.84. The van der Waals surface area contributed by atoms with E-state index in [0.717, 1.165) is 11.3 Å². The second-order valence-corrected chi connectivity index (χ2v) is 4.65. The number of hydrogen-bond acceptors (Lipinski definition) is 3. The Kier molecular flexibility index (Phi) is 3.59. The number of benzene rings is 1. The summed E-state index contributed by atoms with van der Waals surface area (Å²) in [6.45, 7) is 2.33. The lowest BCUT2D eigenvalue weighted by Crippen LogP contribution is -1.95. The minimum atomic E-state index is -0.453. The first-order chi connectivity index (χ1) is 7.75. The Bertz CT molecular complexity index is 435. The maximum atomic E-state index is 9.45. The highest BCUT2D eigenvalue weighted by Gasteiger charge is 2.02. The molecule has 0 amide bonds. The van der Waals surface area contributed by atoms with Crippen molar-refractivity contribution in [1.82, 2.24) is 0 Å². The lowest BCUT2D eigenvalue weighted by Gasteiger charge is -2.08. The van der Waals surface area contributed by atoms with Crippen LogP contribution >= 0.6 is 11.3 Å². The average molecular weight is 234 g/mol. The van der Waals surface area contributed by atoms with Crippen molar-refractivity contribution in [3.63, 3.8) is 0 Å². The van der Waals surface area contributed by atoms with Crippen LogP contribution < -0.4 is 4.74 Å². The van der Waals surface area contributed by atoms with Gasteiger partial charge in [-0.15, -0.1) is 11.3 Å². The molecule has 0 saturated heterocycles. The maximum absolute atomic E-state index is 9.45. The van der Waals surface area contributed by atoms with E-state index in [2.05, 4.69) is 0 Å². The van der Waals surface area contributed by atoms with E-state index < -0.39 is 6.10 Å². The monoisotopic (exact) mass is 234 g/mol. The summed E-state index contributed by atoms with van der Waals surface area (Å²) >= 11 is 1.68. The van der Waals surface area contributed by atoms with Gasteiger partial charge in [0.25, 0.3) is 0 Å². The van der Waals surface area contributed by atoms with E-state index in [0.29, 0.717) is 6.61 Å². The number of aliphatic hydroxyl groups is 1. The van der Waals surface area contributed by atoms with Crippen LogP contribution in [-0.2, 0) is 6.61 Å². The summed E-state index contributed by atoms with van der Waals surface area (Å²) < 4.78 is 5.64. The molecule has 0 spiro atoms. The van der Waals surface area contributed by atoms with Gasteiger partial charge in [-0.25, -0.2) is 0 Å². The summed E-state index contributed by atoms with van der Waals surface area (Å²) in [5.41, 5.74) is 0.878. The topological polar surface area (TPSA) is 29.5 Å². The molecule has 1 heterocycles. The van der Waals surface area contributed by atoms with Gasteiger partial charge in [0.1, 0.15) is 12.4 Å². The maximum Gasteiger partial charge on any atom is 0.122 e. The van der Waals surface area contributed by atoms with Crippen LogP contribution in [0.1, 0.15) is 23.5 Å². The van der Waals surface area contributed by atoms with E-state index in [1.807, 2.05) is 41.8 Å². The molecule has 1 unspecified atom stereocenters.